The number of carbonyl (C=O) groups is 2. The minimum absolute atomic E-state index is 0.261. The molecule has 5 aliphatic rings. The molecule has 0 saturated heterocycles. The maximum absolute atomic E-state index is 12.0. The Morgan fingerprint density at radius 1 is 1.38 bits per heavy atom. The Labute approximate surface area is 93.8 Å². The van der Waals surface area contributed by atoms with E-state index in [1.54, 1.807) is 0 Å². The van der Waals surface area contributed by atoms with Gasteiger partial charge in [-0.3, -0.25) is 9.59 Å². The molecule has 5 aliphatic carbocycles. The second-order valence-corrected chi connectivity index (χ2v) is 5.74. The van der Waals surface area contributed by atoms with Crippen LogP contribution in [0.1, 0.15) is 19.3 Å². The molecule has 2 unspecified atom stereocenters. The van der Waals surface area contributed by atoms with Crippen molar-refractivity contribution in [1.29, 1.82) is 0 Å². The second kappa shape index (κ2) is 2.58. The van der Waals surface area contributed by atoms with Crippen LogP contribution in [0, 0.1) is 35.0 Å². The fourth-order valence-corrected chi connectivity index (χ4v) is 4.73. The number of esters is 1. The summed E-state index contributed by atoms with van der Waals surface area (Å²) < 4.78 is 4.67. The van der Waals surface area contributed by atoms with E-state index >= 15 is 0 Å². The molecule has 3 nitrogen and oxygen atoms in total. The highest BCUT2D eigenvalue weighted by molar-refractivity contribution is 5.85. The average Bonchev–Trinajstić information content (AvgIpc) is 2.99. The van der Waals surface area contributed by atoms with E-state index in [9.17, 15) is 9.59 Å². The summed E-state index contributed by atoms with van der Waals surface area (Å²) in [5, 5.41) is 0. The highest BCUT2D eigenvalue weighted by Gasteiger charge is 2.72. The molecule has 0 aromatic heterocycles. The molecule has 0 aromatic carbocycles. The van der Waals surface area contributed by atoms with Crippen molar-refractivity contribution in [2.45, 2.75) is 19.3 Å². The van der Waals surface area contributed by atoms with E-state index in [1.807, 2.05) is 0 Å². The Hall–Kier alpha value is -1.12. The van der Waals surface area contributed by atoms with Gasteiger partial charge in [0.15, 0.2) is 0 Å². The van der Waals surface area contributed by atoms with Gasteiger partial charge in [0.05, 0.1) is 5.41 Å². The Morgan fingerprint density at radius 2 is 2.25 bits per heavy atom. The number of ether oxygens (including phenoxy) is 1. The van der Waals surface area contributed by atoms with E-state index in [2.05, 4.69) is 16.9 Å². The zero-order chi connectivity index (χ0) is 10.9. The third-order valence-corrected chi connectivity index (χ3v) is 5.51. The van der Waals surface area contributed by atoms with Gasteiger partial charge < -0.3 is 4.74 Å². The van der Waals surface area contributed by atoms with Crippen LogP contribution in [0.5, 0.6) is 0 Å². The van der Waals surface area contributed by atoms with Gasteiger partial charge in [0.2, 0.25) is 0 Å². The van der Waals surface area contributed by atoms with Crippen molar-refractivity contribution >= 4 is 12.4 Å². The van der Waals surface area contributed by atoms with Crippen LogP contribution >= 0.6 is 0 Å². The molecule has 6 atom stereocenters. The number of allylic oxidation sites excluding steroid dienone is 2. The summed E-state index contributed by atoms with van der Waals surface area (Å²) in [6.07, 6.45) is 7.85. The minimum atomic E-state index is -0.321. The summed E-state index contributed by atoms with van der Waals surface area (Å²) in [6.45, 7) is 0.294. The van der Waals surface area contributed by atoms with E-state index in [-0.39, 0.29) is 11.4 Å². The largest absolute Gasteiger partial charge is 0.395 e. The molecule has 3 saturated carbocycles. The van der Waals surface area contributed by atoms with Gasteiger partial charge in [-0.2, -0.15) is 0 Å². The van der Waals surface area contributed by atoms with Crippen molar-refractivity contribution in [3.63, 3.8) is 0 Å². The summed E-state index contributed by atoms with van der Waals surface area (Å²) >= 11 is 0. The minimum Gasteiger partial charge on any atom is -0.395 e. The van der Waals surface area contributed by atoms with Crippen molar-refractivity contribution < 1.29 is 14.3 Å². The predicted molar refractivity (Wildman–Crippen MR) is 55.0 cm³/mol. The summed E-state index contributed by atoms with van der Waals surface area (Å²) in [6, 6.07) is 0. The van der Waals surface area contributed by atoms with Crippen molar-refractivity contribution in [2.75, 3.05) is 0 Å². The summed E-state index contributed by atoms with van der Waals surface area (Å²) in [7, 11) is 0. The first-order valence-electron chi connectivity index (χ1n) is 6.12. The van der Waals surface area contributed by atoms with Gasteiger partial charge >= 0.3 is 12.4 Å². The number of rotatable bonds is 2. The van der Waals surface area contributed by atoms with E-state index in [0.717, 1.165) is 18.8 Å². The van der Waals surface area contributed by atoms with Gasteiger partial charge in [-0.05, 0) is 48.9 Å². The molecule has 0 N–H and O–H groups in total. The second-order valence-electron chi connectivity index (χ2n) is 5.74. The molecule has 16 heavy (non-hydrogen) atoms. The Bertz CT molecular complexity index is 413. The van der Waals surface area contributed by atoms with Crippen molar-refractivity contribution in [2.24, 2.45) is 35.0 Å². The lowest BCUT2D eigenvalue weighted by atomic mass is 9.44. The summed E-state index contributed by atoms with van der Waals surface area (Å²) in [4.78, 5) is 22.4. The van der Waals surface area contributed by atoms with Crippen molar-refractivity contribution in [3.05, 3.63) is 12.2 Å². The molecule has 0 aliphatic heterocycles. The maximum atomic E-state index is 12.0. The predicted octanol–water partition coefficient (Wildman–Crippen LogP) is 1.53. The monoisotopic (exact) mass is 218 g/mol. The Kier molecular flexibility index (Phi) is 1.45. The quantitative estimate of drug-likeness (QED) is 0.305. The van der Waals surface area contributed by atoms with Crippen LogP contribution in [0.3, 0.4) is 0 Å². The fraction of sp³-hybridized carbons (Fsp3) is 0.692. The molecule has 0 aromatic rings. The molecule has 0 radical (unpaired) electrons. The van der Waals surface area contributed by atoms with E-state index in [0.29, 0.717) is 30.1 Å². The third kappa shape index (κ3) is 0.761. The molecular weight excluding hydrogens is 204 g/mol. The lowest BCUT2D eigenvalue weighted by Crippen LogP contribution is -2.59. The number of carbonyl (C=O) groups excluding carboxylic acids is 2. The number of hydrogen-bond donors (Lipinski definition) is 0. The Balaban J connectivity index is 1.76. The molecule has 0 spiro atoms. The van der Waals surface area contributed by atoms with Gasteiger partial charge in [0, 0.05) is 0 Å². The SMILES string of the molecule is O=COC(=O)[C@@]12CC[C@H]1C1C=CC2[C@@H]2C[C@@H]12. The smallest absolute Gasteiger partial charge is 0.320 e. The molecule has 2 bridgehead atoms. The summed E-state index contributed by atoms with van der Waals surface area (Å²) in [5.74, 6) is 2.67. The molecule has 3 fully saturated rings. The first-order chi connectivity index (χ1) is 7.79. The van der Waals surface area contributed by atoms with Gasteiger partial charge in [-0.1, -0.05) is 12.2 Å². The normalized spacial score (nSPS) is 54.6. The van der Waals surface area contributed by atoms with Gasteiger partial charge in [-0.15, -0.1) is 0 Å². The van der Waals surface area contributed by atoms with Crippen molar-refractivity contribution in [3.8, 4) is 0 Å². The van der Waals surface area contributed by atoms with Crippen LogP contribution in [0.4, 0.5) is 0 Å². The highest BCUT2D eigenvalue weighted by atomic mass is 16.6. The average molecular weight is 218 g/mol. The van der Waals surface area contributed by atoms with Gasteiger partial charge in [0.25, 0.3) is 0 Å². The van der Waals surface area contributed by atoms with E-state index < -0.39 is 0 Å². The van der Waals surface area contributed by atoms with Crippen molar-refractivity contribution in [1.82, 2.24) is 0 Å². The number of hydrogen-bond acceptors (Lipinski definition) is 3. The lowest BCUT2D eigenvalue weighted by Gasteiger charge is -2.59. The van der Waals surface area contributed by atoms with Crippen LogP contribution in [-0.4, -0.2) is 12.4 Å². The summed E-state index contributed by atoms with van der Waals surface area (Å²) in [5.41, 5.74) is -0.321. The highest BCUT2D eigenvalue weighted by Crippen LogP contribution is 2.74. The molecule has 0 heterocycles. The van der Waals surface area contributed by atoms with Gasteiger partial charge in [-0.25, -0.2) is 0 Å². The van der Waals surface area contributed by atoms with Crippen LogP contribution in [0.25, 0.3) is 0 Å². The molecule has 0 amide bonds. The maximum Gasteiger partial charge on any atom is 0.320 e. The lowest BCUT2D eigenvalue weighted by molar-refractivity contribution is -0.184. The zero-order valence-electron chi connectivity index (χ0n) is 8.96. The fourth-order valence-electron chi connectivity index (χ4n) is 4.73. The van der Waals surface area contributed by atoms with Crippen LogP contribution in [-0.2, 0) is 14.3 Å². The standard InChI is InChI=1S/C13H14O3/c14-6-16-12(15)13-4-3-11(13)7-1-2-10(13)9-5-8(7)9/h1-2,6-11H,3-5H2/t7?,8-,9+,10?,11-,13+/m0/s1. The topological polar surface area (TPSA) is 43.4 Å². The van der Waals surface area contributed by atoms with E-state index in [4.69, 9.17) is 0 Å². The first-order valence-corrected chi connectivity index (χ1v) is 6.12. The third-order valence-electron chi connectivity index (χ3n) is 5.51. The molecular formula is C13H14O3. The molecule has 5 rings (SSSR count). The van der Waals surface area contributed by atoms with Crippen LogP contribution in [0.2, 0.25) is 0 Å². The Morgan fingerprint density at radius 3 is 2.94 bits per heavy atom. The van der Waals surface area contributed by atoms with Gasteiger partial charge in [0.1, 0.15) is 0 Å². The zero-order valence-corrected chi connectivity index (χ0v) is 8.96. The first kappa shape index (κ1) is 8.97. The molecule has 84 valence electrons. The van der Waals surface area contributed by atoms with Crippen LogP contribution in [0.15, 0.2) is 12.2 Å². The van der Waals surface area contributed by atoms with Crippen LogP contribution < -0.4 is 0 Å². The molecule has 3 heteroatoms. The van der Waals surface area contributed by atoms with E-state index in [1.165, 1.54) is 6.42 Å².